The molecule has 3 heteroatoms. The van der Waals surface area contributed by atoms with Crippen molar-refractivity contribution < 1.29 is 14.3 Å². The lowest BCUT2D eigenvalue weighted by molar-refractivity contribution is -0.133. The maximum Gasteiger partial charge on any atom is 0.338 e. The molecule has 0 saturated heterocycles. The first kappa shape index (κ1) is 13.9. The summed E-state index contributed by atoms with van der Waals surface area (Å²) in [6.45, 7) is 0. The third-order valence-corrected chi connectivity index (χ3v) is 2.89. The summed E-state index contributed by atoms with van der Waals surface area (Å²) < 4.78 is 10.0. The Balaban J connectivity index is 2.45. The number of hydrogen-bond donors (Lipinski definition) is 0. The molecule has 0 atom stereocenters. The van der Waals surface area contributed by atoms with Gasteiger partial charge in [0.25, 0.3) is 0 Å². The van der Waals surface area contributed by atoms with E-state index in [0.717, 1.165) is 16.9 Å². The molecule has 0 aliphatic carbocycles. The van der Waals surface area contributed by atoms with E-state index in [9.17, 15) is 4.79 Å². The topological polar surface area (TPSA) is 35.5 Å². The number of esters is 1. The number of carbonyl (C=O) groups is 1. The first-order valence-electron chi connectivity index (χ1n) is 6.24. The van der Waals surface area contributed by atoms with Crippen LogP contribution in [-0.2, 0) is 9.53 Å². The zero-order chi connectivity index (χ0) is 14.4. The molecule has 102 valence electrons. The van der Waals surface area contributed by atoms with E-state index < -0.39 is 0 Å². The predicted molar refractivity (Wildman–Crippen MR) is 79.3 cm³/mol. The van der Waals surface area contributed by atoms with Crippen LogP contribution in [0, 0.1) is 0 Å². The Morgan fingerprint density at radius 3 is 2.40 bits per heavy atom. The molecule has 0 bridgehead atoms. The van der Waals surface area contributed by atoms with Gasteiger partial charge in [-0.3, -0.25) is 0 Å². The van der Waals surface area contributed by atoms with Crippen molar-refractivity contribution in [1.82, 2.24) is 0 Å². The van der Waals surface area contributed by atoms with E-state index in [-0.39, 0.29) is 5.97 Å². The van der Waals surface area contributed by atoms with Crippen LogP contribution in [0.5, 0.6) is 5.75 Å². The highest BCUT2D eigenvalue weighted by Crippen LogP contribution is 2.21. The van der Waals surface area contributed by atoms with Crippen molar-refractivity contribution in [3.8, 4) is 5.75 Å². The van der Waals surface area contributed by atoms with Gasteiger partial charge >= 0.3 is 5.97 Å². The zero-order valence-electron chi connectivity index (χ0n) is 11.5. The molecule has 0 radical (unpaired) electrons. The van der Waals surface area contributed by atoms with Crippen molar-refractivity contribution in [2.24, 2.45) is 0 Å². The lowest BCUT2D eigenvalue weighted by Gasteiger charge is -2.07. The molecular weight excluding hydrogens is 252 g/mol. The van der Waals surface area contributed by atoms with Gasteiger partial charge in [0.15, 0.2) is 0 Å². The molecule has 0 aliphatic rings. The number of ether oxygens (including phenoxy) is 2. The van der Waals surface area contributed by atoms with E-state index in [1.165, 1.54) is 7.11 Å². The average molecular weight is 268 g/mol. The molecule has 0 spiro atoms. The lowest BCUT2D eigenvalue weighted by Crippen LogP contribution is -2.03. The van der Waals surface area contributed by atoms with Crippen LogP contribution in [0.2, 0.25) is 0 Å². The van der Waals surface area contributed by atoms with E-state index in [1.807, 2.05) is 54.6 Å². The molecule has 0 unspecified atom stereocenters. The van der Waals surface area contributed by atoms with Crippen LogP contribution in [0.4, 0.5) is 0 Å². The monoisotopic (exact) mass is 268 g/mol. The molecule has 2 aromatic carbocycles. The maximum atomic E-state index is 11.9. The second-order valence-electron chi connectivity index (χ2n) is 4.19. The Kier molecular flexibility index (Phi) is 4.56. The van der Waals surface area contributed by atoms with Gasteiger partial charge in [0, 0.05) is 0 Å². The van der Waals surface area contributed by atoms with Crippen molar-refractivity contribution in [1.29, 1.82) is 0 Å². The fourth-order valence-corrected chi connectivity index (χ4v) is 1.89. The van der Waals surface area contributed by atoms with Crippen LogP contribution in [0.3, 0.4) is 0 Å². The fourth-order valence-electron chi connectivity index (χ4n) is 1.89. The number of carbonyl (C=O) groups excluding carboxylic acids is 1. The van der Waals surface area contributed by atoms with Gasteiger partial charge < -0.3 is 9.47 Å². The molecule has 0 aliphatic heterocycles. The second-order valence-corrected chi connectivity index (χ2v) is 4.19. The van der Waals surface area contributed by atoms with Gasteiger partial charge in [-0.25, -0.2) is 4.79 Å². The van der Waals surface area contributed by atoms with Crippen molar-refractivity contribution >= 4 is 17.6 Å². The molecular formula is C17H16O3. The van der Waals surface area contributed by atoms with Gasteiger partial charge in [-0.05, 0) is 29.3 Å². The van der Waals surface area contributed by atoms with Crippen LogP contribution in [0.25, 0.3) is 11.6 Å². The fraction of sp³-hybridized carbons (Fsp3) is 0.118. The summed E-state index contributed by atoms with van der Waals surface area (Å²) in [6.07, 6.45) is 1.80. The highest BCUT2D eigenvalue weighted by molar-refractivity contribution is 6.21. The molecule has 2 rings (SSSR count). The van der Waals surface area contributed by atoms with Crippen LogP contribution < -0.4 is 4.74 Å². The highest BCUT2D eigenvalue weighted by atomic mass is 16.5. The minimum Gasteiger partial charge on any atom is -0.497 e. The Bertz CT molecular complexity index is 615. The summed E-state index contributed by atoms with van der Waals surface area (Å²) in [5.41, 5.74) is 2.22. The van der Waals surface area contributed by atoms with Crippen molar-refractivity contribution in [2.45, 2.75) is 0 Å². The van der Waals surface area contributed by atoms with Gasteiger partial charge in [-0.15, -0.1) is 0 Å². The van der Waals surface area contributed by atoms with Crippen molar-refractivity contribution in [3.05, 3.63) is 65.7 Å². The van der Waals surface area contributed by atoms with E-state index in [2.05, 4.69) is 0 Å². The molecule has 0 heterocycles. The van der Waals surface area contributed by atoms with Gasteiger partial charge in [-0.2, -0.15) is 0 Å². The largest absolute Gasteiger partial charge is 0.497 e. The quantitative estimate of drug-likeness (QED) is 0.484. The Labute approximate surface area is 118 Å². The summed E-state index contributed by atoms with van der Waals surface area (Å²) in [7, 11) is 2.99. The van der Waals surface area contributed by atoms with E-state index in [0.29, 0.717) is 5.57 Å². The molecule has 0 N–H and O–H groups in total. The standard InChI is InChI=1S/C17H16O3/c1-19-15-10-6-7-13(11-15)12-16(17(18)20-2)14-8-4-3-5-9-14/h3-12H,1-2H3/b16-12-. The van der Waals surface area contributed by atoms with Gasteiger partial charge in [0.1, 0.15) is 5.75 Å². The average Bonchev–Trinajstić information content (AvgIpc) is 2.53. The van der Waals surface area contributed by atoms with Crippen LogP contribution in [0.15, 0.2) is 54.6 Å². The highest BCUT2D eigenvalue weighted by Gasteiger charge is 2.12. The van der Waals surface area contributed by atoms with Crippen LogP contribution >= 0.6 is 0 Å². The van der Waals surface area contributed by atoms with Gasteiger partial charge in [0.05, 0.1) is 19.8 Å². The normalized spacial score (nSPS) is 11.0. The Hall–Kier alpha value is -2.55. The number of hydrogen-bond acceptors (Lipinski definition) is 3. The Morgan fingerprint density at radius 2 is 1.75 bits per heavy atom. The van der Waals surface area contributed by atoms with Crippen LogP contribution in [0.1, 0.15) is 11.1 Å². The first-order valence-corrected chi connectivity index (χ1v) is 6.24. The molecule has 2 aromatic rings. The summed E-state index contributed by atoms with van der Waals surface area (Å²) in [5, 5.41) is 0. The summed E-state index contributed by atoms with van der Waals surface area (Å²) in [5.74, 6) is 0.384. The zero-order valence-corrected chi connectivity index (χ0v) is 11.5. The molecule has 3 nitrogen and oxygen atoms in total. The summed E-state index contributed by atoms with van der Waals surface area (Å²) in [4.78, 5) is 11.9. The third kappa shape index (κ3) is 3.26. The summed E-state index contributed by atoms with van der Waals surface area (Å²) in [6, 6.07) is 17.0. The summed E-state index contributed by atoms with van der Waals surface area (Å²) >= 11 is 0. The smallest absolute Gasteiger partial charge is 0.338 e. The van der Waals surface area contributed by atoms with Crippen molar-refractivity contribution in [3.63, 3.8) is 0 Å². The maximum absolute atomic E-state index is 11.9. The minimum atomic E-state index is -0.362. The van der Waals surface area contributed by atoms with Gasteiger partial charge in [-0.1, -0.05) is 42.5 Å². The van der Waals surface area contributed by atoms with Gasteiger partial charge in [0.2, 0.25) is 0 Å². The minimum absolute atomic E-state index is 0.362. The molecule has 0 aromatic heterocycles. The molecule has 0 amide bonds. The number of benzene rings is 2. The predicted octanol–water partition coefficient (Wildman–Crippen LogP) is 3.41. The molecule has 0 saturated carbocycles. The number of methoxy groups -OCH3 is 2. The van der Waals surface area contributed by atoms with Crippen LogP contribution in [-0.4, -0.2) is 20.2 Å². The third-order valence-electron chi connectivity index (χ3n) is 2.89. The SMILES string of the molecule is COC(=O)/C(=C\c1cccc(OC)c1)c1ccccc1. The first-order chi connectivity index (χ1) is 9.74. The van der Waals surface area contributed by atoms with Crippen molar-refractivity contribution in [2.75, 3.05) is 14.2 Å². The molecule has 20 heavy (non-hydrogen) atoms. The van der Waals surface area contributed by atoms with E-state index >= 15 is 0 Å². The second kappa shape index (κ2) is 6.57. The lowest BCUT2D eigenvalue weighted by atomic mass is 10.0. The Morgan fingerprint density at radius 1 is 1.00 bits per heavy atom. The molecule has 0 fully saturated rings. The number of rotatable bonds is 4. The van der Waals surface area contributed by atoms with E-state index in [1.54, 1.807) is 13.2 Å². The van der Waals surface area contributed by atoms with E-state index in [4.69, 9.17) is 9.47 Å².